The summed E-state index contributed by atoms with van der Waals surface area (Å²) in [5.41, 5.74) is 7.58. The van der Waals surface area contributed by atoms with Gasteiger partial charge in [0.15, 0.2) is 6.10 Å². The molecule has 1 atom stereocenters. The summed E-state index contributed by atoms with van der Waals surface area (Å²) in [5.74, 6) is -0.239. The van der Waals surface area contributed by atoms with Gasteiger partial charge in [0.25, 0.3) is 0 Å². The van der Waals surface area contributed by atoms with E-state index >= 15 is 0 Å². The summed E-state index contributed by atoms with van der Waals surface area (Å²) in [6.07, 6.45) is 5.44. The van der Waals surface area contributed by atoms with Gasteiger partial charge in [-0.25, -0.2) is 4.79 Å². The summed E-state index contributed by atoms with van der Waals surface area (Å²) in [6, 6.07) is 32.6. The fourth-order valence-corrected chi connectivity index (χ4v) is 4.37. The largest absolute Gasteiger partial charge is 0.490 e. The number of hydrogen-bond donors (Lipinski definition) is 1. The fraction of sp³-hybridized carbons (Fsp3) is 0.147. The molecule has 0 spiro atoms. The van der Waals surface area contributed by atoms with Crippen LogP contribution in [0.15, 0.2) is 110 Å². The van der Waals surface area contributed by atoms with Crippen molar-refractivity contribution in [3.63, 3.8) is 0 Å². The van der Waals surface area contributed by atoms with E-state index in [-0.39, 0.29) is 0 Å². The number of ether oxygens (including phenoxy) is 2. The van der Waals surface area contributed by atoms with Gasteiger partial charge in [0.1, 0.15) is 12.4 Å². The van der Waals surface area contributed by atoms with Crippen LogP contribution in [0.5, 0.6) is 5.75 Å². The van der Waals surface area contributed by atoms with Crippen LogP contribution in [0.25, 0.3) is 34.4 Å². The summed E-state index contributed by atoms with van der Waals surface area (Å²) in [5, 5.41) is 9.30. The maximum atomic E-state index is 11.3. The van der Waals surface area contributed by atoms with Crippen LogP contribution in [0, 0.1) is 0 Å². The first-order valence-electron chi connectivity index (χ1n) is 12.7. The Balaban J connectivity index is 1.52. The van der Waals surface area contributed by atoms with Crippen molar-refractivity contribution in [2.75, 3.05) is 13.2 Å². The molecule has 0 saturated heterocycles. The normalized spacial score (nSPS) is 11.8. The van der Waals surface area contributed by atoms with Gasteiger partial charge in [-0.3, -0.25) is 0 Å². The molecule has 0 amide bonds. The van der Waals surface area contributed by atoms with Gasteiger partial charge < -0.3 is 14.6 Å². The van der Waals surface area contributed by atoms with Crippen LogP contribution < -0.4 is 4.74 Å². The lowest BCUT2D eigenvalue weighted by Gasteiger charge is -2.14. The first kappa shape index (κ1) is 26.6. The zero-order valence-corrected chi connectivity index (χ0v) is 21.5. The molecular formula is C34H32O4. The first-order chi connectivity index (χ1) is 18.6. The van der Waals surface area contributed by atoms with Crippen LogP contribution in [0.1, 0.15) is 23.6 Å². The lowest BCUT2D eigenvalue weighted by Crippen LogP contribution is -2.26. The number of benzene rings is 4. The Morgan fingerprint density at radius 3 is 2.16 bits per heavy atom. The van der Waals surface area contributed by atoms with E-state index < -0.39 is 12.1 Å². The van der Waals surface area contributed by atoms with Crippen molar-refractivity contribution >= 4 is 18.1 Å². The van der Waals surface area contributed by atoms with Crippen molar-refractivity contribution < 1.29 is 19.4 Å². The number of hydrogen-bond acceptors (Lipinski definition) is 3. The van der Waals surface area contributed by atoms with Crippen LogP contribution in [-0.4, -0.2) is 30.4 Å². The molecule has 0 aliphatic rings. The molecule has 0 aromatic heterocycles. The molecule has 38 heavy (non-hydrogen) atoms. The highest BCUT2D eigenvalue weighted by Gasteiger charge is 2.17. The van der Waals surface area contributed by atoms with Crippen molar-refractivity contribution in [3.05, 3.63) is 126 Å². The van der Waals surface area contributed by atoms with Gasteiger partial charge >= 0.3 is 5.97 Å². The minimum atomic E-state index is -0.956. The summed E-state index contributed by atoms with van der Waals surface area (Å²) >= 11 is 0. The molecule has 4 heteroatoms. The van der Waals surface area contributed by atoms with Gasteiger partial charge in [-0.2, -0.15) is 0 Å². The number of aliphatic carboxylic acids is 1. The summed E-state index contributed by atoms with van der Waals surface area (Å²) in [4.78, 5) is 11.3. The molecule has 0 radical (unpaired) electrons. The van der Waals surface area contributed by atoms with Crippen molar-refractivity contribution in [3.8, 4) is 28.0 Å². The van der Waals surface area contributed by atoms with E-state index in [1.807, 2.05) is 72.8 Å². The van der Waals surface area contributed by atoms with E-state index in [0.717, 1.165) is 38.9 Å². The van der Waals surface area contributed by atoms with Crippen molar-refractivity contribution in [2.24, 2.45) is 0 Å². The van der Waals surface area contributed by atoms with E-state index in [0.29, 0.717) is 25.4 Å². The Kier molecular flexibility index (Phi) is 9.27. The molecule has 0 fully saturated rings. The molecule has 192 valence electrons. The second kappa shape index (κ2) is 13.2. The lowest BCUT2D eigenvalue weighted by atomic mass is 9.90. The number of carboxylic acid groups (broad SMARTS) is 1. The maximum absolute atomic E-state index is 11.3. The Bertz CT molecular complexity index is 1370. The highest BCUT2D eigenvalue weighted by molar-refractivity contribution is 5.85. The van der Waals surface area contributed by atoms with E-state index in [9.17, 15) is 9.90 Å². The molecule has 1 N–H and O–H groups in total. The van der Waals surface area contributed by atoms with E-state index in [4.69, 9.17) is 9.47 Å². The van der Waals surface area contributed by atoms with Gasteiger partial charge in [-0.1, -0.05) is 91.5 Å². The standard InChI is InChI=1S/C34H32O4/c1-3-31-28(16-11-21-38-30-19-17-25(18-20-30)22-33(34(35)36)37-4-2)23-29(26-12-7-5-8-13-26)24-32(31)27-14-9-6-10-15-27/h3,5-20,23-24,33H,1,4,21-22H2,2H3,(H,35,36)/b16-11+/t33-/m0/s1. The molecule has 0 heterocycles. The highest BCUT2D eigenvalue weighted by atomic mass is 16.5. The summed E-state index contributed by atoms with van der Waals surface area (Å²) in [7, 11) is 0. The molecule has 4 rings (SSSR count). The zero-order chi connectivity index (χ0) is 26.7. The zero-order valence-electron chi connectivity index (χ0n) is 21.5. The monoisotopic (exact) mass is 504 g/mol. The number of carboxylic acids is 1. The predicted molar refractivity (Wildman–Crippen MR) is 155 cm³/mol. The number of carbonyl (C=O) groups is 1. The molecule has 0 saturated carbocycles. The Hall–Kier alpha value is -4.41. The minimum Gasteiger partial charge on any atom is -0.490 e. The van der Waals surface area contributed by atoms with Crippen LogP contribution in [0.2, 0.25) is 0 Å². The first-order valence-corrected chi connectivity index (χ1v) is 12.7. The van der Waals surface area contributed by atoms with Gasteiger partial charge in [-0.05, 0) is 76.2 Å². The molecule has 0 aliphatic carbocycles. The third-order valence-corrected chi connectivity index (χ3v) is 6.24. The minimum absolute atomic E-state index is 0.315. The molecule has 0 unspecified atom stereocenters. The molecule has 4 nitrogen and oxygen atoms in total. The Morgan fingerprint density at radius 1 is 0.895 bits per heavy atom. The Morgan fingerprint density at radius 2 is 1.55 bits per heavy atom. The molecule has 0 aliphatic heterocycles. The lowest BCUT2D eigenvalue weighted by molar-refractivity contribution is -0.149. The van der Waals surface area contributed by atoms with Crippen LogP contribution >= 0.6 is 0 Å². The molecule has 0 bridgehead atoms. The maximum Gasteiger partial charge on any atom is 0.333 e. The summed E-state index contributed by atoms with van der Waals surface area (Å²) in [6.45, 7) is 6.64. The van der Waals surface area contributed by atoms with Gasteiger partial charge in [0, 0.05) is 13.0 Å². The molecule has 4 aromatic carbocycles. The van der Waals surface area contributed by atoms with Gasteiger partial charge in [-0.15, -0.1) is 0 Å². The predicted octanol–water partition coefficient (Wildman–Crippen LogP) is 7.79. The molecular weight excluding hydrogens is 472 g/mol. The topological polar surface area (TPSA) is 55.8 Å². The fourth-order valence-electron chi connectivity index (χ4n) is 4.37. The quantitative estimate of drug-likeness (QED) is 0.214. The average Bonchev–Trinajstić information content (AvgIpc) is 2.96. The summed E-state index contributed by atoms with van der Waals surface area (Å²) < 4.78 is 11.2. The van der Waals surface area contributed by atoms with Crippen LogP contribution in [-0.2, 0) is 16.0 Å². The van der Waals surface area contributed by atoms with E-state index in [2.05, 4.69) is 49.1 Å². The van der Waals surface area contributed by atoms with Gasteiger partial charge in [0.05, 0.1) is 0 Å². The average molecular weight is 505 g/mol. The second-order valence-electron chi connectivity index (χ2n) is 8.81. The smallest absolute Gasteiger partial charge is 0.333 e. The third kappa shape index (κ3) is 6.87. The van der Waals surface area contributed by atoms with Gasteiger partial charge in [0.2, 0.25) is 0 Å². The van der Waals surface area contributed by atoms with Crippen LogP contribution in [0.3, 0.4) is 0 Å². The molecule has 4 aromatic rings. The number of rotatable bonds is 12. The Labute approximate surface area is 224 Å². The van der Waals surface area contributed by atoms with Crippen molar-refractivity contribution in [1.82, 2.24) is 0 Å². The SMILES string of the molecule is C=Cc1c(/C=C/COc2ccc(C[C@H](OCC)C(=O)O)cc2)cc(-c2ccccc2)cc1-c1ccccc1. The third-order valence-electron chi connectivity index (χ3n) is 6.24. The van der Waals surface area contributed by atoms with Crippen molar-refractivity contribution in [2.45, 2.75) is 19.4 Å². The van der Waals surface area contributed by atoms with E-state index in [1.165, 1.54) is 0 Å². The second-order valence-corrected chi connectivity index (χ2v) is 8.81. The van der Waals surface area contributed by atoms with E-state index in [1.54, 1.807) is 6.92 Å². The highest BCUT2D eigenvalue weighted by Crippen LogP contribution is 2.34. The van der Waals surface area contributed by atoms with Crippen molar-refractivity contribution in [1.29, 1.82) is 0 Å². The van der Waals surface area contributed by atoms with Crippen LogP contribution in [0.4, 0.5) is 0 Å².